The Bertz CT molecular complexity index is 971. The summed E-state index contributed by atoms with van der Waals surface area (Å²) in [6, 6.07) is 17.2. The zero-order chi connectivity index (χ0) is 24.3. The largest absolute Gasteiger partial charge is 0.313 e. The van der Waals surface area contributed by atoms with Gasteiger partial charge in [-0.15, -0.1) is 0 Å². The fourth-order valence-electron chi connectivity index (χ4n) is 3.15. The molecule has 176 valence electrons. The third kappa shape index (κ3) is 7.02. The normalized spacial score (nSPS) is 11.7. The molecule has 0 saturated heterocycles. The first-order valence-electron chi connectivity index (χ1n) is 10.7. The van der Waals surface area contributed by atoms with Crippen molar-refractivity contribution >= 4 is 41.4 Å². The molecular weight excluding hydrogens is 443 g/mol. The summed E-state index contributed by atoms with van der Waals surface area (Å²) in [5, 5.41) is 0.913. The van der Waals surface area contributed by atoms with E-state index in [1.54, 1.807) is 74.5 Å². The van der Waals surface area contributed by atoms with Crippen LogP contribution in [0.5, 0.6) is 0 Å². The zero-order valence-corrected chi connectivity index (χ0v) is 19.6. The summed E-state index contributed by atoms with van der Waals surface area (Å²) in [5.74, 6) is -1.96. The average Bonchev–Trinajstić information content (AvgIpc) is 2.86. The Hall–Kier alpha value is -3.45. The molecule has 0 aromatic heterocycles. The van der Waals surface area contributed by atoms with E-state index in [1.807, 2.05) is 0 Å². The monoisotopic (exact) mass is 472 g/mol. The second-order valence-electron chi connectivity index (χ2n) is 7.22. The average molecular weight is 472 g/mol. The summed E-state index contributed by atoms with van der Waals surface area (Å²) >= 11 is 0. The van der Waals surface area contributed by atoms with Crippen LogP contribution >= 0.6 is 7.14 Å². The van der Waals surface area contributed by atoms with Gasteiger partial charge in [-0.25, -0.2) is 0 Å². The number of hydrazine groups is 2. The molecule has 33 heavy (non-hydrogen) atoms. The molecule has 0 fully saturated rings. The summed E-state index contributed by atoms with van der Waals surface area (Å²) < 4.78 is 14.6. The first-order chi connectivity index (χ1) is 15.8. The van der Waals surface area contributed by atoms with Gasteiger partial charge in [-0.2, -0.15) is 0 Å². The molecule has 4 amide bonds. The highest BCUT2D eigenvalue weighted by atomic mass is 31.2. The summed E-state index contributed by atoms with van der Waals surface area (Å²) in [5.41, 5.74) is 8.07. The van der Waals surface area contributed by atoms with E-state index in [9.17, 15) is 23.7 Å². The Labute approximate surface area is 193 Å². The highest BCUT2D eigenvalue weighted by molar-refractivity contribution is 7.80. The number of carbonyl (C=O) groups excluding carboxylic acids is 4. The quantitative estimate of drug-likeness (QED) is 0.322. The summed E-state index contributed by atoms with van der Waals surface area (Å²) in [6.07, 6.45) is 0.0926. The molecule has 9 nitrogen and oxygen atoms in total. The van der Waals surface area contributed by atoms with E-state index in [0.717, 1.165) is 0 Å². The maximum atomic E-state index is 14.6. The first kappa shape index (κ1) is 25.8. The minimum absolute atomic E-state index is 0.0806. The Morgan fingerprint density at radius 3 is 1.58 bits per heavy atom. The van der Waals surface area contributed by atoms with Gasteiger partial charge in [-0.3, -0.25) is 40.9 Å². The van der Waals surface area contributed by atoms with Crippen LogP contribution in [-0.4, -0.2) is 29.3 Å². The molecule has 1 atom stereocenters. The van der Waals surface area contributed by atoms with Crippen LogP contribution in [0.25, 0.3) is 0 Å². The fraction of sp³-hybridized carbons (Fsp3) is 0.304. The van der Waals surface area contributed by atoms with E-state index in [4.69, 9.17) is 0 Å². The molecule has 0 aliphatic heterocycles. The van der Waals surface area contributed by atoms with Crippen molar-refractivity contribution < 1.29 is 23.7 Å². The second-order valence-corrected chi connectivity index (χ2v) is 10.2. The van der Waals surface area contributed by atoms with Crippen molar-refractivity contribution in [2.45, 2.75) is 45.2 Å². The first-order valence-corrected chi connectivity index (χ1v) is 12.5. The zero-order valence-electron chi connectivity index (χ0n) is 18.7. The number of rotatable bonds is 9. The van der Waals surface area contributed by atoms with Gasteiger partial charge in [0.25, 0.3) is 0 Å². The molecule has 0 aliphatic carbocycles. The highest BCUT2D eigenvalue weighted by Crippen LogP contribution is 2.50. The van der Waals surface area contributed by atoms with Gasteiger partial charge in [0.05, 0.1) is 0 Å². The van der Waals surface area contributed by atoms with Gasteiger partial charge in [0.2, 0.25) is 23.6 Å². The van der Waals surface area contributed by atoms with Gasteiger partial charge in [0, 0.05) is 29.9 Å². The molecule has 10 heteroatoms. The Balaban J connectivity index is 2.40. The van der Waals surface area contributed by atoms with Crippen LogP contribution in [0.2, 0.25) is 0 Å². The Morgan fingerprint density at radius 1 is 0.697 bits per heavy atom. The maximum absolute atomic E-state index is 14.6. The van der Waals surface area contributed by atoms with Gasteiger partial charge < -0.3 is 4.57 Å². The molecule has 4 N–H and O–H groups in total. The van der Waals surface area contributed by atoms with Crippen molar-refractivity contribution in [1.29, 1.82) is 0 Å². The summed E-state index contributed by atoms with van der Waals surface area (Å²) in [4.78, 5) is 48.5. The van der Waals surface area contributed by atoms with Gasteiger partial charge in [-0.1, -0.05) is 74.5 Å². The third-order valence-electron chi connectivity index (χ3n) is 4.97. The lowest BCUT2D eigenvalue weighted by atomic mass is 10.2. The lowest BCUT2D eigenvalue weighted by Gasteiger charge is -2.28. The van der Waals surface area contributed by atoms with E-state index in [-0.39, 0.29) is 31.6 Å². The standard InChI is InChI=1S/C23H29N4O5P/c1-3-20(28)24-26-22(30)16-15-19(23(31)27-25-21(29)4-2)33(32,17-11-7-5-8-12-17)18-13-9-6-10-14-18/h5-14,19H,3-4,15-16H2,1-2H3,(H,24,28)(H,25,29)(H,26,30)(H,27,31). The highest BCUT2D eigenvalue weighted by Gasteiger charge is 2.41. The van der Waals surface area contributed by atoms with Crippen molar-refractivity contribution in [3.05, 3.63) is 60.7 Å². The topological polar surface area (TPSA) is 133 Å². The van der Waals surface area contributed by atoms with E-state index in [2.05, 4.69) is 21.7 Å². The predicted octanol–water partition coefficient (Wildman–Crippen LogP) is 1.26. The van der Waals surface area contributed by atoms with Crippen molar-refractivity contribution in [1.82, 2.24) is 21.7 Å². The number of benzene rings is 2. The lowest BCUT2D eigenvalue weighted by Crippen LogP contribution is -2.48. The van der Waals surface area contributed by atoms with Crippen LogP contribution < -0.4 is 32.3 Å². The lowest BCUT2D eigenvalue weighted by molar-refractivity contribution is -0.129. The van der Waals surface area contributed by atoms with Crippen LogP contribution in [0, 0.1) is 0 Å². The summed E-state index contributed by atoms with van der Waals surface area (Å²) in [6.45, 7) is 3.27. The number of hydrogen-bond donors (Lipinski definition) is 4. The molecular formula is C23H29N4O5P. The molecule has 0 bridgehead atoms. The minimum Gasteiger partial charge on any atom is -0.313 e. The van der Waals surface area contributed by atoms with E-state index in [1.165, 1.54) is 0 Å². The third-order valence-corrected chi connectivity index (χ3v) is 8.48. The molecule has 0 aliphatic rings. The van der Waals surface area contributed by atoms with Crippen LogP contribution in [-0.2, 0) is 23.7 Å². The van der Waals surface area contributed by atoms with Crippen LogP contribution in [0.3, 0.4) is 0 Å². The molecule has 2 aromatic rings. The Kier molecular flexibility index (Phi) is 9.82. The number of nitrogens with one attached hydrogen (secondary N) is 4. The van der Waals surface area contributed by atoms with Gasteiger partial charge >= 0.3 is 0 Å². The second kappa shape index (κ2) is 12.6. The smallest absolute Gasteiger partial charge is 0.249 e. The van der Waals surface area contributed by atoms with Crippen molar-refractivity contribution in [2.24, 2.45) is 0 Å². The van der Waals surface area contributed by atoms with Gasteiger partial charge in [0.15, 0.2) is 7.14 Å². The molecule has 0 radical (unpaired) electrons. The molecule has 2 rings (SSSR count). The van der Waals surface area contributed by atoms with Gasteiger partial charge in [-0.05, 0) is 6.42 Å². The Morgan fingerprint density at radius 2 is 1.12 bits per heavy atom. The molecule has 0 heterocycles. The van der Waals surface area contributed by atoms with E-state index < -0.39 is 30.5 Å². The molecule has 2 aromatic carbocycles. The molecule has 0 saturated carbocycles. The number of carbonyl (C=O) groups is 4. The fourth-order valence-corrected chi connectivity index (χ4v) is 6.28. The van der Waals surface area contributed by atoms with Crippen LogP contribution in [0.4, 0.5) is 0 Å². The van der Waals surface area contributed by atoms with Crippen LogP contribution in [0.15, 0.2) is 60.7 Å². The number of hydrogen-bond acceptors (Lipinski definition) is 5. The SMILES string of the molecule is CCC(=O)NNC(=O)CCC(C(=O)NNC(=O)CC)P(=O)(c1ccccc1)c1ccccc1. The van der Waals surface area contributed by atoms with Crippen molar-refractivity contribution in [3.8, 4) is 0 Å². The predicted molar refractivity (Wildman–Crippen MR) is 126 cm³/mol. The van der Waals surface area contributed by atoms with Crippen molar-refractivity contribution in [2.75, 3.05) is 0 Å². The molecule has 1 unspecified atom stereocenters. The molecule has 0 spiro atoms. The number of amides is 4. The van der Waals surface area contributed by atoms with Gasteiger partial charge in [0.1, 0.15) is 5.66 Å². The minimum atomic E-state index is -3.59. The van der Waals surface area contributed by atoms with E-state index in [0.29, 0.717) is 10.6 Å². The summed E-state index contributed by atoms with van der Waals surface area (Å²) in [7, 11) is -3.59. The maximum Gasteiger partial charge on any atom is 0.249 e. The van der Waals surface area contributed by atoms with Crippen LogP contribution in [0.1, 0.15) is 39.5 Å². The van der Waals surface area contributed by atoms with Crippen molar-refractivity contribution in [3.63, 3.8) is 0 Å². The van der Waals surface area contributed by atoms with E-state index >= 15 is 0 Å².